The minimum Gasteiger partial charge on any atom is -0.344 e. The Balaban J connectivity index is 1.39. The summed E-state index contributed by atoms with van der Waals surface area (Å²) < 4.78 is 1.81. The zero-order valence-electron chi connectivity index (χ0n) is 18.1. The van der Waals surface area contributed by atoms with Crippen molar-refractivity contribution < 1.29 is 0 Å². The molecule has 1 aliphatic heterocycles. The summed E-state index contributed by atoms with van der Waals surface area (Å²) >= 11 is 0. The molecule has 2 fully saturated rings. The maximum Gasteiger partial charge on any atom is 0.130 e. The average molecular weight is 403 g/mol. The van der Waals surface area contributed by atoms with Crippen LogP contribution in [-0.4, -0.2) is 44.0 Å². The molecule has 0 atom stereocenters. The van der Waals surface area contributed by atoms with Crippen molar-refractivity contribution in [2.24, 2.45) is 13.0 Å². The molecule has 1 saturated heterocycles. The number of piperidine rings is 1. The molecular weight excluding hydrogens is 372 g/mol. The smallest absolute Gasteiger partial charge is 0.130 e. The van der Waals surface area contributed by atoms with Gasteiger partial charge in [0.25, 0.3) is 0 Å². The molecule has 2 aliphatic rings. The molecular formula is C24H30N6. The number of benzene rings is 1. The van der Waals surface area contributed by atoms with Crippen LogP contribution >= 0.6 is 0 Å². The highest BCUT2D eigenvalue weighted by atomic mass is 15.4. The first kappa shape index (κ1) is 19.2. The predicted octanol–water partition coefficient (Wildman–Crippen LogP) is 4.61. The second-order valence-corrected chi connectivity index (χ2v) is 8.92. The number of nitrogens with one attached hydrogen (secondary N) is 1. The molecule has 6 heteroatoms. The highest BCUT2D eigenvalue weighted by Crippen LogP contribution is 2.39. The van der Waals surface area contributed by atoms with Crippen LogP contribution in [0, 0.1) is 5.92 Å². The zero-order chi connectivity index (χ0) is 20.7. The molecule has 30 heavy (non-hydrogen) atoms. The summed E-state index contributed by atoms with van der Waals surface area (Å²) in [7, 11) is 1.92. The first-order valence-corrected chi connectivity index (χ1v) is 11.1. The largest absolute Gasteiger partial charge is 0.344 e. The minimum absolute atomic E-state index is 0.627. The monoisotopic (exact) mass is 402 g/mol. The molecule has 0 bridgehead atoms. The van der Waals surface area contributed by atoms with Crippen LogP contribution in [0.3, 0.4) is 0 Å². The number of aromatic nitrogens is 4. The number of anilines is 1. The standard InChI is InChI=1S/C24H30N6/c1-16(2)30-10-8-18(9-11-30)24(17-4-5-17)27-23-13-21-12-19(6-7-20(21)14-25-23)22-15-26-28-29(22)3/h6-7,12-16,18H,4-5,8-11H2,1-3H3,(H,25,27). The van der Waals surface area contributed by atoms with Gasteiger partial charge in [-0.2, -0.15) is 0 Å². The van der Waals surface area contributed by atoms with Gasteiger partial charge in [0.05, 0.1) is 11.9 Å². The van der Waals surface area contributed by atoms with E-state index in [-0.39, 0.29) is 0 Å². The van der Waals surface area contributed by atoms with Gasteiger partial charge in [-0.3, -0.25) is 0 Å². The Hall–Kier alpha value is -2.73. The van der Waals surface area contributed by atoms with Crippen LogP contribution in [0.15, 0.2) is 47.9 Å². The number of fused-ring (bicyclic) bond motifs is 1. The summed E-state index contributed by atoms with van der Waals surface area (Å²) in [6.07, 6.45) is 8.71. The Bertz CT molecular complexity index is 1080. The van der Waals surface area contributed by atoms with E-state index in [2.05, 4.69) is 58.6 Å². The van der Waals surface area contributed by atoms with Gasteiger partial charge < -0.3 is 10.2 Å². The molecule has 3 heterocycles. The topological polar surface area (TPSA) is 58.9 Å². The van der Waals surface area contributed by atoms with Gasteiger partial charge in [0.2, 0.25) is 0 Å². The van der Waals surface area contributed by atoms with Crippen molar-refractivity contribution in [1.29, 1.82) is 0 Å². The van der Waals surface area contributed by atoms with Gasteiger partial charge in [0.15, 0.2) is 0 Å². The van der Waals surface area contributed by atoms with E-state index in [1.807, 2.05) is 13.2 Å². The normalized spacial score (nSPS) is 17.7. The van der Waals surface area contributed by atoms with Crippen molar-refractivity contribution in [3.63, 3.8) is 0 Å². The van der Waals surface area contributed by atoms with Crippen LogP contribution in [0.5, 0.6) is 0 Å². The van der Waals surface area contributed by atoms with Gasteiger partial charge in [0.1, 0.15) is 5.82 Å². The van der Waals surface area contributed by atoms with Crippen LogP contribution in [0.4, 0.5) is 5.82 Å². The quantitative estimate of drug-likeness (QED) is 0.675. The molecule has 0 amide bonds. The van der Waals surface area contributed by atoms with Crippen molar-refractivity contribution in [2.75, 3.05) is 18.4 Å². The predicted molar refractivity (Wildman–Crippen MR) is 121 cm³/mol. The van der Waals surface area contributed by atoms with Gasteiger partial charge in [-0.05, 0) is 75.7 Å². The molecule has 1 aliphatic carbocycles. The Kier molecular flexibility index (Phi) is 5.03. The molecule has 2 aromatic heterocycles. The van der Waals surface area contributed by atoms with E-state index in [1.165, 1.54) is 49.9 Å². The van der Waals surface area contributed by atoms with Gasteiger partial charge in [-0.1, -0.05) is 17.3 Å². The Morgan fingerprint density at radius 3 is 2.53 bits per heavy atom. The Morgan fingerprint density at radius 1 is 1.07 bits per heavy atom. The van der Waals surface area contributed by atoms with Crippen LogP contribution in [-0.2, 0) is 7.05 Å². The van der Waals surface area contributed by atoms with Crippen LogP contribution in [0.1, 0.15) is 39.5 Å². The van der Waals surface area contributed by atoms with E-state index >= 15 is 0 Å². The summed E-state index contributed by atoms with van der Waals surface area (Å²) in [5.74, 6) is 1.57. The second-order valence-electron chi connectivity index (χ2n) is 8.92. The summed E-state index contributed by atoms with van der Waals surface area (Å²) in [4.78, 5) is 7.31. The van der Waals surface area contributed by atoms with E-state index in [9.17, 15) is 0 Å². The summed E-state index contributed by atoms with van der Waals surface area (Å²) in [6, 6.07) is 9.24. The van der Waals surface area contributed by atoms with Crippen molar-refractivity contribution in [3.05, 3.63) is 47.9 Å². The molecule has 1 N–H and O–H groups in total. The third kappa shape index (κ3) is 3.84. The van der Waals surface area contributed by atoms with Crippen molar-refractivity contribution in [2.45, 2.75) is 45.6 Å². The number of pyridine rings is 1. The van der Waals surface area contributed by atoms with E-state index < -0.39 is 0 Å². The molecule has 3 aromatic rings. The maximum absolute atomic E-state index is 4.72. The number of hydrogen-bond donors (Lipinski definition) is 1. The molecule has 1 saturated carbocycles. The molecule has 0 unspecified atom stereocenters. The Labute approximate surface area is 178 Å². The number of rotatable bonds is 5. The highest BCUT2D eigenvalue weighted by molar-refractivity contribution is 5.88. The number of allylic oxidation sites excluding steroid dienone is 2. The highest BCUT2D eigenvalue weighted by Gasteiger charge is 2.29. The number of aryl methyl sites for hydroxylation is 1. The van der Waals surface area contributed by atoms with E-state index in [0.29, 0.717) is 12.0 Å². The van der Waals surface area contributed by atoms with Crippen molar-refractivity contribution in [3.8, 4) is 11.3 Å². The lowest BCUT2D eigenvalue weighted by Crippen LogP contribution is -2.39. The van der Waals surface area contributed by atoms with Gasteiger partial charge in [-0.15, -0.1) is 5.10 Å². The third-order valence-corrected chi connectivity index (χ3v) is 6.54. The number of likely N-dealkylation sites (tertiary alicyclic amines) is 1. The summed E-state index contributed by atoms with van der Waals surface area (Å²) in [5, 5.41) is 14.1. The Morgan fingerprint density at radius 2 is 1.87 bits per heavy atom. The fourth-order valence-electron chi connectivity index (χ4n) is 4.57. The molecule has 5 rings (SSSR count). The van der Waals surface area contributed by atoms with Crippen LogP contribution in [0.25, 0.3) is 22.0 Å². The minimum atomic E-state index is 0.627. The molecule has 1 aromatic carbocycles. The van der Waals surface area contributed by atoms with Crippen LogP contribution < -0.4 is 5.32 Å². The van der Waals surface area contributed by atoms with Crippen LogP contribution in [0.2, 0.25) is 0 Å². The van der Waals surface area contributed by atoms with E-state index in [0.717, 1.165) is 22.5 Å². The van der Waals surface area contributed by atoms with Gasteiger partial charge in [-0.25, -0.2) is 9.67 Å². The van der Waals surface area contributed by atoms with Crippen molar-refractivity contribution >= 4 is 16.6 Å². The number of nitrogens with zero attached hydrogens (tertiary/aromatic N) is 5. The lowest BCUT2D eigenvalue weighted by atomic mass is 9.92. The van der Waals surface area contributed by atoms with E-state index in [1.54, 1.807) is 16.5 Å². The molecule has 0 radical (unpaired) electrons. The lowest BCUT2D eigenvalue weighted by molar-refractivity contribution is 0.161. The average Bonchev–Trinajstić information content (AvgIpc) is 3.51. The number of hydrogen-bond acceptors (Lipinski definition) is 5. The van der Waals surface area contributed by atoms with Gasteiger partial charge >= 0.3 is 0 Å². The molecule has 156 valence electrons. The third-order valence-electron chi connectivity index (χ3n) is 6.54. The maximum atomic E-state index is 4.72. The second kappa shape index (κ2) is 7.84. The molecule has 6 nitrogen and oxygen atoms in total. The first-order chi connectivity index (χ1) is 14.6. The van der Waals surface area contributed by atoms with Gasteiger partial charge in [0, 0.05) is 41.9 Å². The fourth-order valence-corrected chi connectivity index (χ4v) is 4.57. The summed E-state index contributed by atoms with van der Waals surface area (Å²) in [6.45, 7) is 6.98. The van der Waals surface area contributed by atoms with Crippen molar-refractivity contribution in [1.82, 2.24) is 24.9 Å². The lowest BCUT2D eigenvalue weighted by Gasteiger charge is -2.35. The fraction of sp³-hybridized carbons (Fsp3) is 0.458. The SMILES string of the molecule is CC(C)N1CCC(C(Nc2cc3cc(-c4cnnn4C)ccc3cn2)=C2CC2)CC1. The van der Waals surface area contributed by atoms with E-state index in [4.69, 9.17) is 4.98 Å². The molecule has 0 spiro atoms. The zero-order valence-corrected chi connectivity index (χ0v) is 18.1. The first-order valence-electron chi connectivity index (χ1n) is 11.1. The summed E-state index contributed by atoms with van der Waals surface area (Å²) in [5.41, 5.74) is 5.17.